The number of ether oxygens (including phenoxy) is 1. The van der Waals surface area contributed by atoms with E-state index in [1.165, 1.54) is 10.4 Å². The van der Waals surface area contributed by atoms with Gasteiger partial charge in [-0.1, -0.05) is 5.16 Å². The van der Waals surface area contributed by atoms with Crippen LogP contribution in [-0.2, 0) is 16.0 Å². The fourth-order valence-electron chi connectivity index (χ4n) is 1.62. The van der Waals surface area contributed by atoms with E-state index in [2.05, 4.69) is 16.6 Å². The van der Waals surface area contributed by atoms with E-state index in [1.54, 1.807) is 11.3 Å². The van der Waals surface area contributed by atoms with Crippen LogP contribution in [0.3, 0.4) is 0 Å². The van der Waals surface area contributed by atoms with Gasteiger partial charge in [-0.25, -0.2) is 0 Å². The Bertz CT molecular complexity index is 368. The van der Waals surface area contributed by atoms with E-state index >= 15 is 0 Å². The SMILES string of the molecule is c1cc2c(s1)CCC2=NOCC1CO1. The maximum absolute atomic E-state index is 5.24. The smallest absolute Gasteiger partial charge is 0.145 e. The van der Waals surface area contributed by atoms with Crippen molar-refractivity contribution in [3.05, 3.63) is 21.9 Å². The van der Waals surface area contributed by atoms with Crippen molar-refractivity contribution < 1.29 is 9.57 Å². The normalized spacial score (nSPS) is 26.6. The van der Waals surface area contributed by atoms with Crippen molar-refractivity contribution in [2.45, 2.75) is 18.9 Å². The van der Waals surface area contributed by atoms with Gasteiger partial charge in [0, 0.05) is 10.4 Å². The fraction of sp³-hybridized carbons (Fsp3) is 0.500. The van der Waals surface area contributed by atoms with Crippen molar-refractivity contribution in [2.24, 2.45) is 5.16 Å². The van der Waals surface area contributed by atoms with Crippen molar-refractivity contribution in [2.75, 3.05) is 13.2 Å². The van der Waals surface area contributed by atoms with Gasteiger partial charge in [0.05, 0.1) is 12.3 Å². The summed E-state index contributed by atoms with van der Waals surface area (Å²) in [5, 5.41) is 6.27. The first kappa shape index (κ1) is 8.44. The predicted octanol–water partition coefficient (Wildman–Crippen LogP) is 1.81. The summed E-state index contributed by atoms with van der Waals surface area (Å²) in [6, 6.07) is 2.13. The lowest BCUT2D eigenvalue weighted by Crippen LogP contribution is -2.00. The first-order valence-corrected chi connectivity index (χ1v) is 5.68. The van der Waals surface area contributed by atoms with Crippen LogP contribution in [-0.4, -0.2) is 25.0 Å². The summed E-state index contributed by atoms with van der Waals surface area (Å²) >= 11 is 1.81. The van der Waals surface area contributed by atoms with Crippen LogP contribution >= 0.6 is 11.3 Å². The lowest BCUT2D eigenvalue weighted by molar-refractivity contribution is 0.124. The van der Waals surface area contributed by atoms with Crippen molar-refractivity contribution in [1.29, 1.82) is 0 Å². The Morgan fingerprint density at radius 3 is 3.36 bits per heavy atom. The molecule has 2 heterocycles. The number of oxime groups is 1. The summed E-state index contributed by atoms with van der Waals surface area (Å²) in [6.07, 6.45) is 2.44. The summed E-state index contributed by atoms with van der Waals surface area (Å²) in [5.74, 6) is 0. The molecule has 1 unspecified atom stereocenters. The van der Waals surface area contributed by atoms with E-state index in [4.69, 9.17) is 9.57 Å². The van der Waals surface area contributed by atoms with Gasteiger partial charge in [-0.2, -0.15) is 0 Å². The number of epoxide rings is 1. The van der Waals surface area contributed by atoms with Crippen LogP contribution in [0.2, 0.25) is 0 Å². The van der Waals surface area contributed by atoms with Gasteiger partial charge in [0.2, 0.25) is 0 Å². The molecule has 2 aliphatic rings. The average molecular weight is 209 g/mol. The number of nitrogens with zero attached hydrogens (tertiary/aromatic N) is 1. The highest BCUT2D eigenvalue weighted by atomic mass is 32.1. The Labute approximate surface area is 86.3 Å². The topological polar surface area (TPSA) is 34.1 Å². The number of hydrogen-bond acceptors (Lipinski definition) is 4. The van der Waals surface area contributed by atoms with Gasteiger partial charge in [0.15, 0.2) is 0 Å². The molecule has 0 radical (unpaired) electrons. The van der Waals surface area contributed by atoms with Gasteiger partial charge in [0.25, 0.3) is 0 Å². The molecule has 0 saturated carbocycles. The molecular formula is C10H11NO2S. The van der Waals surface area contributed by atoms with Crippen LogP contribution in [0.15, 0.2) is 16.6 Å². The zero-order valence-corrected chi connectivity index (χ0v) is 8.55. The van der Waals surface area contributed by atoms with Crippen LogP contribution in [0.4, 0.5) is 0 Å². The lowest BCUT2D eigenvalue weighted by atomic mass is 10.2. The Hall–Kier alpha value is -0.870. The first-order chi connectivity index (χ1) is 6.93. The minimum Gasteiger partial charge on any atom is -0.393 e. The predicted molar refractivity (Wildman–Crippen MR) is 54.9 cm³/mol. The molecule has 74 valence electrons. The summed E-state index contributed by atoms with van der Waals surface area (Å²) in [4.78, 5) is 6.68. The third-order valence-electron chi connectivity index (χ3n) is 2.48. The average Bonchev–Trinajstić information content (AvgIpc) is 2.76. The molecule has 1 saturated heterocycles. The number of rotatable bonds is 3. The Morgan fingerprint density at radius 1 is 1.57 bits per heavy atom. The van der Waals surface area contributed by atoms with Gasteiger partial charge in [-0.15, -0.1) is 11.3 Å². The minimum atomic E-state index is 0.294. The summed E-state index contributed by atoms with van der Waals surface area (Å²) in [7, 11) is 0. The standard InChI is InChI=1S/C10H11NO2S/c1-2-10-8(3-4-14-10)9(1)11-13-6-7-5-12-7/h3-4,7H,1-2,5-6H2. The molecule has 0 N–H and O–H groups in total. The molecule has 3 nitrogen and oxygen atoms in total. The van der Waals surface area contributed by atoms with Crippen molar-refractivity contribution in [3.63, 3.8) is 0 Å². The van der Waals surface area contributed by atoms with Crippen LogP contribution in [0, 0.1) is 0 Å². The molecule has 0 amide bonds. The van der Waals surface area contributed by atoms with Crippen molar-refractivity contribution >= 4 is 17.0 Å². The second-order valence-electron chi connectivity index (χ2n) is 3.55. The van der Waals surface area contributed by atoms with Gasteiger partial charge >= 0.3 is 0 Å². The molecule has 1 aromatic rings. The van der Waals surface area contributed by atoms with Gasteiger partial charge in [0.1, 0.15) is 12.7 Å². The molecule has 4 heteroatoms. The molecule has 1 aliphatic carbocycles. The Balaban J connectivity index is 1.67. The van der Waals surface area contributed by atoms with E-state index in [9.17, 15) is 0 Å². The largest absolute Gasteiger partial charge is 0.393 e. The molecule has 1 aliphatic heterocycles. The lowest BCUT2D eigenvalue weighted by Gasteiger charge is -1.97. The molecule has 0 bridgehead atoms. The van der Waals surface area contributed by atoms with E-state index in [0.717, 1.165) is 25.2 Å². The molecule has 0 spiro atoms. The highest BCUT2D eigenvalue weighted by Crippen LogP contribution is 2.27. The minimum absolute atomic E-state index is 0.294. The van der Waals surface area contributed by atoms with Gasteiger partial charge in [-0.05, 0) is 24.3 Å². The van der Waals surface area contributed by atoms with E-state index < -0.39 is 0 Å². The summed E-state index contributed by atoms with van der Waals surface area (Å²) in [5.41, 5.74) is 2.38. The van der Waals surface area contributed by atoms with Crippen LogP contribution in [0.1, 0.15) is 16.9 Å². The molecule has 0 aromatic carbocycles. The molecule has 14 heavy (non-hydrogen) atoms. The third-order valence-corrected chi connectivity index (χ3v) is 3.46. The summed E-state index contributed by atoms with van der Waals surface area (Å²) < 4.78 is 5.04. The number of aryl methyl sites for hydroxylation is 1. The number of fused-ring (bicyclic) bond motifs is 1. The second-order valence-corrected chi connectivity index (χ2v) is 4.55. The van der Waals surface area contributed by atoms with Crippen LogP contribution < -0.4 is 0 Å². The van der Waals surface area contributed by atoms with Crippen molar-refractivity contribution in [1.82, 2.24) is 0 Å². The van der Waals surface area contributed by atoms with E-state index in [-0.39, 0.29) is 0 Å². The molecule has 1 aromatic heterocycles. The first-order valence-electron chi connectivity index (χ1n) is 4.80. The molecule has 3 rings (SSSR count). The highest BCUT2D eigenvalue weighted by Gasteiger charge is 2.24. The van der Waals surface area contributed by atoms with Crippen molar-refractivity contribution in [3.8, 4) is 0 Å². The third kappa shape index (κ3) is 1.55. The quantitative estimate of drug-likeness (QED) is 0.562. The Kier molecular flexibility index (Phi) is 2.03. The maximum atomic E-state index is 5.24. The summed E-state index contributed by atoms with van der Waals surface area (Å²) in [6.45, 7) is 1.43. The van der Waals surface area contributed by atoms with Crippen LogP contribution in [0.25, 0.3) is 0 Å². The zero-order valence-electron chi connectivity index (χ0n) is 7.73. The fourth-order valence-corrected chi connectivity index (χ4v) is 2.52. The molecule has 1 atom stereocenters. The highest BCUT2D eigenvalue weighted by molar-refractivity contribution is 7.10. The van der Waals surface area contributed by atoms with Crippen LogP contribution in [0.5, 0.6) is 0 Å². The van der Waals surface area contributed by atoms with Gasteiger partial charge in [-0.3, -0.25) is 0 Å². The maximum Gasteiger partial charge on any atom is 0.145 e. The number of thiophene rings is 1. The van der Waals surface area contributed by atoms with E-state index in [0.29, 0.717) is 12.7 Å². The number of hydrogen-bond donors (Lipinski definition) is 0. The second kappa shape index (κ2) is 3.37. The molecule has 1 fully saturated rings. The zero-order chi connectivity index (χ0) is 9.38. The van der Waals surface area contributed by atoms with E-state index in [1.807, 2.05) is 0 Å². The molecular weight excluding hydrogens is 198 g/mol. The monoisotopic (exact) mass is 209 g/mol. The van der Waals surface area contributed by atoms with Gasteiger partial charge < -0.3 is 9.57 Å². The Morgan fingerprint density at radius 2 is 2.50 bits per heavy atom.